The van der Waals surface area contributed by atoms with Gasteiger partial charge in [-0.1, -0.05) is 58.2 Å². The molecule has 0 aromatic rings. The van der Waals surface area contributed by atoms with Crippen LogP contribution in [0.25, 0.3) is 0 Å². The molecular formula is C13H24OS2. The van der Waals surface area contributed by atoms with Crippen molar-refractivity contribution in [3.8, 4) is 0 Å². The molecule has 0 bridgehead atoms. The summed E-state index contributed by atoms with van der Waals surface area (Å²) in [6.45, 7) is 4.25. The van der Waals surface area contributed by atoms with E-state index in [4.69, 9.17) is 12.2 Å². The van der Waals surface area contributed by atoms with Crippen LogP contribution in [-0.4, -0.2) is 21.7 Å². The van der Waals surface area contributed by atoms with Gasteiger partial charge in [-0.25, -0.2) is 0 Å². The molecule has 3 heteroatoms. The molecule has 0 unspecified atom stereocenters. The van der Waals surface area contributed by atoms with Crippen LogP contribution in [0.2, 0.25) is 0 Å². The highest BCUT2D eigenvalue weighted by Crippen LogP contribution is 2.34. The Bertz CT molecular complexity index is 224. The fraction of sp³-hybridized carbons (Fsp3) is 0.923. The Morgan fingerprint density at radius 1 is 1.25 bits per heavy atom. The Balaban J connectivity index is 2.51. The van der Waals surface area contributed by atoms with Crippen molar-refractivity contribution in [1.82, 2.24) is 0 Å². The fourth-order valence-corrected chi connectivity index (χ4v) is 3.37. The van der Waals surface area contributed by atoms with E-state index in [-0.39, 0.29) is 12.0 Å². The first-order chi connectivity index (χ1) is 7.57. The van der Waals surface area contributed by atoms with Crippen LogP contribution < -0.4 is 0 Å². The van der Waals surface area contributed by atoms with E-state index in [1.807, 2.05) is 6.26 Å². The fourth-order valence-electron chi connectivity index (χ4n) is 2.72. The summed E-state index contributed by atoms with van der Waals surface area (Å²) in [7, 11) is 0. The highest BCUT2D eigenvalue weighted by atomic mass is 32.2. The third-order valence-corrected chi connectivity index (χ3v) is 5.66. The van der Waals surface area contributed by atoms with Gasteiger partial charge in [0, 0.05) is 5.92 Å². The van der Waals surface area contributed by atoms with E-state index in [9.17, 15) is 5.11 Å². The van der Waals surface area contributed by atoms with Crippen LogP contribution in [0.3, 0.4) is 0 Å². The first-order valence-electron chi connectivity index (χ1n) is 6.33. The molecule has 3 atom stereocenters. The Morgan fingerprint density at radius 3 is 2.31 bits per heavy atom. The van der Waals surface area contributed by atoms with E-state index in [1.165, 1.54) is 32.1 Å². The summed E-state index contributed by atoms with van der Waals surface area (Å²) in [4.78, 5) is 0. The predicted molar refractivity (Wildman–Crippen MR) is 77.0 cm³/mol. The number of hydrogen-bond donors (Lipinski definition) is 1. The van der Waals surface area contributed by atoms with Gasteiger partial charge in [0.15, 0.2) is 0 Å². The number of thiocarbonyl (C=S) groups is 1. The second kappa shape index (κ2) is 6.97. The zero-order valence-corrected chi connectivity index (χ0v) is 12.2. The second-order valence-electron chi connectivity index (χ2n) is 5.06. The van der Waals surface area contributed by atoms with Crippen molar-refractivity contribution in [3.05, 3.63) is 0 Å². The number of rotatable bonds is 4. The average Bonchev–Trinajstić information content (AvgIpc) is 2.36. The molecule has 1 N–H and O–H groups in total. The van der Waals surface area contributed by atoms with Gasteiger partial charge in [-0.15, -0.1) is 11.8 Å². The van der Waals surface area contributed by atoms with Crippen LogP contribution in [0.4, 0.5) is 0 Å². The molecule has 94 valence electrons. The molecule has 0 heterocycles. The van der Waals surface area contributed by atoms with Crippen molar-refractivity contribution < 1.29 is 5.11 Å². The van der Waals surface area contributed by atoms with Crippen LogP contribution in [0.1, 0.15) is 46.0 Å². The lowest BCUT2D eigenvalue weighted by Crippen LogP contribution is -2.34. The molecule has 0 aromatic carbocycles. The van der Waals surface area contributed by atoms with E-state index in [0.717, 1.165) is 4.20 Å². The molecule has 1 aliphatic carbocycles. The molecule has 1 rings (SSSR count). The largest absolute Gasteiger partial charge is 0.392 e. The van der Waals surface area contributed by atoms with Gasteiger partial charge in [0.1, 0.15) is 0 Å². The summed E-state index contributed by atoms with van der Waals surface area (Å²) in [5, 5.41) is 10.3. The summed E-state index contributed by atoms with van der Waals surface area (Å²) in [5.41, 5.74) is 0. The van der Waals surface area contributed by atoms with Crippen LogP contribution in [-0.2, 0) is 0 Å². The maximum atomic E-state index is 10.3. The first kappa shape index (κ1) is 14.5. The van der Waals surface area contributed by atoms with Gasteiger partial charge in [-0.05, 0) is 18.1 Å². The Kier molecular flexibility index (Phi) is 6.30. The quantitative estimate of drug-likeness (QED) is 0.774. The minimum Gasteiger partial charge on any atom is -0.392 e. The SMILES string of the molecule is CSC(=S)[C@H](C)[C@H](O)[C@@H](C)C1CCCCC1. The zero-order valence-electron chi connectivity index (χ0n) is 10.6. The number of aliphatic hydroxyl groups is 1. The van der Waals surface area contributed by atoms with Gasteiger partial charge in [0.05, 0.1) is 10.3 Å². The highest BCUT2D eigenvalue weighted by Gasteiger charge is 2.30. The Labute approximate surface area is 109 Å². The van der Waals surface area contributed by atoms with Crippen LogP contribution >= 0.6 is 24.0 Å². The third-order valence-electron chi connectivity index (χ3n) is 4.02. The minimum atomic E-state index is -0.261. The van der Waals surface area contributed by atoms with Crippen molar-refractivity contribution in [3.63, 3.8) is 0 Å². The molecular weight excluding hydrogens is 236 g/mol. The molecule has 1 fully saturated rings. The zero-order chi connectivity index (χ0) is 12.1. The molecule has 0 aliphatic heterocycles. The molecule has 0 radical (unpaired) electrons. The lowest BCUT2D eigenvalue weighted by molar-refractivity contribution is 0.0493. The van der Waals surface area contributed by atoms with E-state index in [1.54, 1.807) is 11.8 Å². The van der Waals surface area contributed by atoms with Gasteiger partial charge in [-0.2, -0.15) is 0 Å². The van der Waals surface area contributed by atoms with E-state index in [2.05, 4.69) is 13.8 Å². The van der Waals surface area contributed by atoms with E-state index >= 15 is 0 Å². The lowest BCUT2D eigenvalue weighted by Gasteiger charge is -2.33. The van der Waals surface area contributed by atoms with Crippen LogP contribution in [0, 0.1) is 17.8 Å². The van der Waals surface area contributed by atoms with E-state index in [0.29, 0.717) is 11.8 Å². The van der Waals surface area contributed by atoms with Crippen molar-refractivity contribution in [1.29, 1.82) is 0 Å². The van der Waals surface area contributed by atoms with E-state index < -0.39 is 0 Å². The minimum absolute atomic E-state index is 0.141. The first-order valence-corrected chi connectivity index (χ1v) is 7.97. The normalized spacial score (nSPS) is 23.8. The van der Waals surface area contributed by atoms with Gasteiger partial charge >= 0.3 is 0 Å². The maximum absolute atomic E-state index is 10.3. The molecule has 1 aliphatic rings. The molecule has 16 heavy (non-hydrogen) atoms. The standard InChI is InChI=1S/C13H24OS2/c1-9(11-7-5-4-6-8-11)12(14)10(2)13(15)16-3/h9-12,14H,4-8H2,1-3H3/t9-,10+,12+/m0/s1. The monoisotopic (exact) mass is 260 g/mol. The number of aliphatic hydroxyl groups excluding tert-OH is 1. The summed E-state index contributed by atoms with van der Waals surface area (Å²) < 4.78 is 0.940. The van der Waals surface area contributed by atoms with Gasteiger partial charge in [0.2, 0.25) is 0 Å². The molecule has 1 saturated carbocycles. The number of thioether (sulfide) groups is 1. The summed E-state index contributed by atoms with van der Waals surface area (Å²) in [6.07, 6.45) is 8.36. The Morgan fingerprint density at radius 2 is 1.81 bits per heavy atom. The van der Waals surface area contributed by atoms with Gasteiger partial charge < -0.3 is 5.11 Å². The molecule has 1 nitrogen and oxygen atoms in total. The summed E-state index contributed by atoms with van der Waals surface area (Å²) in [5.74, 6) is 1.23. The van der Waals surface area contributed by atoms with Crippen molar-refractivity contribution in [2.24, 2.45) is 17.8 Å². The molecule has 0 aromatic heterocycles. The Hall–Kier alpha value is 0.400. The lowest BCUT2D eigenvalue weighted by atomic mass is 9.76. The molecule has 0 amide bonds. The van der Waals surface area contributed by atoms with Crippen LogP contribution in [0.5, 0.6) is 0 Å². The predicted octanol–water partition coefficient (Wildman–Crippen LogP) is 3.89. The van der Waals surface area contributed by atoms with Crippen molar-refractivity contribution in [2.75, 3.05) is 6.26 Å². The van der Waals surface area contributed by atoms with Gasteiger partial charge in [-0.3, -0.25) is 0 Å². The third kappa shape index (κ3) is 3.71. The number of hydrogen-bond acceptors (Lipinski definition) is 3. The summed E-state index contributed by atoms with van der Waals surface area (Å²) >= 11 is 6.87. The second-order valence-corrected chi connectivity index (χ2v) is 6.61. The smallest absolute Gasteiger partial charge is 0.0647 e. The van der Waals surface area contributed by atoms with Crippen molar-refractivity contribution >= 4 is 28.2 Å². The molecule has 0 saturated heterocycles. The summed E-state index contributed by atoms with van der Waals surface area (Å²) in [6, 6.07) is 0. The maximum Gasteiger partial charge on any atom is 0.0647 e. The van der Waals surface area contributed by atoms with Gasteiger partial charge in [0.25, 0.3) is 0 Å². The topological polar surface area (TPSA) is 20.2 Å². The average molecular weight is 260 g/mol. The van der Waals surface area contributed by atoms with Crippen LogP contribution in [0.15, 0.2) is 0 Å². The molecule has 0 spiro atoms. The van der Waals surface area contributed by atoms with Crippen molar-refractivity contribution in [2.45, 2.75) is 52.1 Å². The highest BCUT2D eigenvalue weighted by molar-refractivity contribution is 8.22.